The lowest BCUT2D eigenvalue weighted by molar-refractivity contribution is 0.122. The van der Waals surface area contributed by atoms with E-state index in [1.165, 1.54) is 11.3 Å². The van der Waals surface area contributed by atoms with E-state index in [-0.39, 0.29) is 0 Å². The zero-order valence-electron chi connectivity index (χ0n) is 14.8. The fourth-order valence-electron chi connectivity index (χ4n) is 2.53. The molecule has 0 aromatic heterocycles. The molecule has 5 nitrogen and oxygen atoms in total. The van der Waals surface area contributed by atoms with Crippen LogP contribution in [-0.4, -0.2) is 45.4 Å². The van der Waals surface area contributed by atoms with Crippen LogP contribution in [-0.2, 0) is 11.3 Å². The van der Waals surface area contributed by atoms with Crippen LogP contribution in [0.5, 0.6) is 0 Å². The van der Waals surface area contributed by atoms with Crippen molar-refractivity contribution in [3.05, 3.63) is 29.8 Å². The second-order valence-corrected chi connectivity index (χ2v) is 6.33. The molecule has 0 aliphatic carbocycles. The molecule has 23 heavy (non-hydrogen) atoms. The van der Waals surface area contributed by atoms with Crippen LogP contribution in [0.15, 0.2) is 29.3 Å². The van der Waals surface area contributed by atoms with Gasteiger partial charge in [0.25, 0.3) is 0 Å². The van der Waals surface area contributed by atoms with Gasteiger partial charge in [-0.1, -0.05) is 32.0 Å². The quantitative estimate of drug-likeness (QED) is 0.646. The lowest BCUT2D eigenvalue weighted by atomic mass is 10.1. The van der Waals surface area contributed by atoms with E-state index < -0.39 is 0 Å². The normalized spacial score (nSPS) is 17.3. The molecule has 1 unspecified atom stereocenters. The highest BCUT2D eigenvalue weighted by Gasteiger charge is 2.15. The maximum absolute atomic E-state index is 5.46. The molecule has 5 heteroatoms. The zero-order valence-corrected chi connectivity index (χ0v) is 14.8. The standard InChI is InChI=1S/C18H30N4O/c1-14(2)15(3)21-18(19-4)20-13-16-7-5-6-8-17(16)22-9-11-23-12-10-22/h5-8,14-15H,9-13H2,1-4H3,(H2,19,20,21). The van der Waals surface area contributed by atoms with Gasteiger partial charge in [0.2, 0.25) is 0 Å². The number of para-hydroxylation sites is 1. The van der Waals surface area contributed by atoms with Gasteiger partial charge in [-0.15, -0.1) is 0 Å². The highest BCUT2D eigenvalue weighted by atomic mass is 16.5. The molecule has 0 bridgehead atoms. The summed E-state index contributed by atoms with van der Waals surface area (Å²) in [7, 11) is 1.82. The van der Waals surface area contributed by atoms with Crippen LogP contribution >= 0.6 is 0 Å². The molecule has 1 aliphatic heterocycles. The van der Waals surface area contributed by atoms with Crippen LogP contribution in [0.3, 0.4) is 0 Å². The van der Waals surface area contributed by atoms with Gasteiger partial charge in [0.15, 0.2) is 5.96 Å². The van der Waals surface area contributed by atoms with Crippen LogP contribution in [0, 0.1) is 5.92 Å². The fourth-order valence-corrected chi connectivity index (χ4v) is 2.53. The molecule has 2 rings (SSSR count). The number of benzene rings is 1. The Morgan fingerprint density at radius 2 is 1.91 bits per heavy atom. The average molecular weight is 318 g/mol. The molecule has 1 heterocycles. The number of nitrogens with zero attached hydrogens (tertiary/aromatic N) is 2. The van der Waals surface area contributed by atoms with Crippen LogP contribution in [0.25, 0.3) is 0 Å². The largest absolute Gasteiger partial charge is 0.378 e. The van der Waals surface area contributed by atoms with Gasteiger partial charge < -0.3 is 20.3 Å². The maximum Gasteiger partial charge on any atom is 0.191 e. The molecular formula is C18H30N4O. The Bertz CT molecular complexity index is 509. The van der Waals surface area contributed by atoms with Gasteiger partial charge in [-0.2, -0.15) is 0 Å². The van der Waals surface area contributed by atoms with E-state index >= 15 is 0 Å². The molecule has 1 fully saturated rings. The Labute approximate surface area is 140 Å². The molecule has 0 spiro atoms. The van der Waals surface area contributed by atoms with Crippen LogP contribution in [0.1, 0.15) is 26.3 Å². The molecule has 1 aliphatic rings. The summed E-state index contributed by atoms with van der Waals surface area (Å²) in [4.78, 5) is 6.72. The van der Waals surface area contributed by atoms with E-state index in [2.05, 4.69) is 65.6 Å². The van der Waals surface area contributed by atoms with E-state index in [0.717, 1.165) is 38.8 Å². The Hall–Kier alpha value is -1.75. The number of hydrogen-bond acceptors (Lipinski definition) is 3. The highest BCUT2D eigenvalue weighted by Crippen LogP contribution is 2.21. The lowest BCUT2D eigenvalue weighted by Crippen LogP contribution is -2.44. The first-order valence-corrected chi connectivity index (χ1v) is 8.49. The summed E-state index contributed by atoms with van der Waals surface area (Å²) >= 11 is 0. The van der Waals surface area contributed by atoms with Crippen molar-refractivity contribution in [2.45, 2.75) is 33.4 Å². The second kappa shape index (κ2) is 8.77. The van der Waals surface area contributed by atoms with Gasteiger partial charge in [-0.25, -0.2) is 0 Å². The summed E-state index contributed by atoms with van der Waals surface area (Å²) in [5.41, 5.74) is 2.57. The second-order valence-electron chi connectivity index (χ2n) is 6.33. The molecule has 1 saturated heterocycles. The number of hydrogen-bond donors (Lipinski definition) is 2. The number of nitrogens with one attached hydrogen (secondary N) is 2. The Morgan fingerprint density at radius 3 is 2.57 bits per heavy atom. The number of guanidine groups is 1. The summed E-state index contributed by atoms with van der Waals surface area (Å²) in [6, 6.07) is 8.94. The van der Waals surface area contributed by atoms with Crippen molar-refractivity contribution in [3.8, 4) is 0 Å². The van der Waals surface area contributed by atoms with Crippen molar-refractivity contribution >= 4 is 11.6 Å². The minimum Gasteiger partial charge on any atom is -0.378 e. The third-order valence-corrected chi connectivity index (χ3v) is 4.38. The van der Waals surface area contributed by atoms with E-state index in [1.807, 2.05) is 7.05 Å². The fraction of sp³-hybridized carbons (Fsp3) is 0.611. The minimum atomic E-state index is 0.385. The summed E-state index contributed by atoms with van der Waals surface area (Å²) in [6.45, 7) is 10.9. The van der Waals surface area contributed by atoms with E-state index in [4.69, 9.17) is 4.74 Å². The van der Waals surface area contributed by atoms with Crippen molar-refractivity contribution < 1.29 is 4.74 Å². The highest BCUT2D eigenvalue weighted by molar-refractivity contribution is 5.80. The molecular weight excluding hydrogens is 288 g/mol. The van der Waals surface area contributed by atoms with Crippen molar-refractivity contribution in [2.75, 3.05) is 38.3 Å². The Kier molecular flexibility index (Phi) is 6.71. The molecule has 0 amide bonds. The van der Waals surface area contributed by atoms with Gasteiger partial charge in [-0.3, -0.25) is 4.99 Å². The Morgan fingerprint density at radius 1 is 1.22 bits per heavy atom. The Balaban J connectivity index is 1.99. The van der Waals surface area contributed by atoms with Crippen LogP contribution < -0.4 is 15.5 Å². The predicted molar refractivity (Wildman–Crippen MR) is 97.1 cm³/mol. The molecule has 1 atom stereocenters. The first-order chi connectivity index (χ1) is 11.1. The topological polar surface area (TPSA) is 48.9 Å². The van der Waals surface area contributed by atoms with Gasteiger partial charge >= 0.3 is 0 Å². The van der Waals surface area contributed by atoms with Crippen molar-refractivity contribution in [2.24, 2.45) is 10.9 Å². The zero-order chi connectivity index (χ0) is 16.7. The summed E-state index contributed by atoms with van der Waals surface area (Å²) < 4.78 is 5.46. The molecule has 0 saturated carbocycles. The molecule has 1 aromatic rings. The summed E-state index contributed by atoms with van der Waals surface area (Å²) in [5.74, 6) is 1.41. The molecule has 2 N–H and O–H groups in total. The third kappa shape index (κ3) is 5.13. The van der Waals surface area contributed by atoms with Crippen LogP contribution in [0.4, 0.5) is 5.69 Å². The minimum absolute atomic E-state index is 0.385. The van der Waals surface area contributed by atoms with Gasteiger partial charge in [0, 0.05) is 38.4 Å². The van der Waals surface area contributed by atoms with Crippen molar-refractivity contribution in [1.82, 2.24) is 10.6 Å². The van der Waals surface area contributed by atoms with Gasteiger partial charge in [0.1, 0.15) is 0 Å². The molecule has 1 aromatic carbocycles. The monoisotopic (exact) mass is 318 g/mol. The molecule has 128 valence electrons. The maximum atomic E-state index is 5.46. The lowest BCUT2D eigenvalue weighted by Gasteiger charge is -2.31. The van der Waals surface area contributed by atoms with E-state index in [0.29, 0.717) is 12.0 Å². The number of morpholine rings is 1. The summed E-state index contributed by atoms with van der Waals surface area (Å²) in [6.07, 6.45) is 0. The van der Waals surface area contributed by atoms with Gasteiger partial charge in [-0.05, 0) is 24.5 Å². The number of rotatable bonds is 5. The number of anilines is 1. The van der Waals surface area contributed by atoms with Crippen molar-refractivity contribution in [3.63, 3.8) is 0 Å². The van der Waals surface area contributed by atoms with E-state index in [1.54, 1.807) is 0 Å². The SMILES string of the molecule is CN=C(NCc1ccccc1N1CCOCC1)NC(C)C(C)C. The number of ether oxygens (including phenoxy) is 1. The van der Waals surface area contributed by atoms with E-state index in [9.17, 15) is 0 Å². The molecule has 0 radical (unpaired) electrons. The first kappa shape index (κ1) is 17.6. The van der Waals surface area contributed by atoms with Gasteiger partial charge in [0.05, 0.1) is 13.2 Å². The van der Waals surface area contributed by atoms with Crippen LogP contribution in [0.2, 0.25) is 0 Å². The smallest absolute Gasteiger partial charge is 0.191 e. The van der Waals surface area contributed by atoms with Crippen molar-refractivity contribution in [1.29, 1.82) is 0 Å². The summed E-state index contributed by atoms with van der Waals surface area (Å²) in [5, 5.41) is 6.87. The number of aliphatic imine (C=N–C) groups is 1. The predicted octanol–water partition coefficient (Wildman–Crippen LogP) is 2.23. The first-order valence-electron chi connectivity index (χ1n) is 8.49. The average Bonchev–Trinajstić information content (AvgIpc) is 2.59. The third-order valence-electron chi connectivity index (χ3n) is 4.38.